The van der Waals surface area contributed by atoms with Crippen LogP contribution in [0.1, 0.15) is 57.4 Å². The maximum Gasteiger partial charge on any atom is 0.243 e. The molecule has 0 aliphatic heterocycles. The maximum absolute atomic E-state index is 12.0. The molecule has 0 saturated heterocycles. The summed E-state index contributed by atoms with van der Waals surface area (Å²) in [6.07, 6.45) is 8.78. The molecule has 1 fully saturated rings. The number of nitrogens with one attached hydrogen (secondary N) is 2. The Bertz CT molecular complexity index is 522. The quantitative estimate of drug-likeness (QED) is 0.806. The van der Waals surface area contributed by atoms with E-state index in [0.717, 1.165) is 24.1 Å². The van der Waals surface area contributed by atoms with E-state index in [0.29, 0.717) is 12.3 Å². The predicted octanol–water partition coefficient (Wildman–Crippen LogP) is 3.66. The molecule has 2 rings (SSSR count). The minimum absolute atomic E-state index is 0.0190. The van der Waals surface area contributed by atoms with Crippen molar-refractivity contribution in [2.24, 2.45) is 5.92 Å². The SMILES string of the molecule is CCc1ccccc1NC(=O)CNC(=O)CCC1CCCCC1. The summed E-state index contributed by atoms with van der Waals surface area (Å²) in [6, 6.07) is 7.75. The number of aryl methyl sites for hydroxylation is 1. The molecule has 0 bridgehead atoms. The third-order valence-electron chi connectivity index (χ3n) is 4.62. The van der Waals surface area contributed by atoms with Gasteiger partial charge in [0.15, 0.2) is 0 Å². The number of anilines is 1. The molecule has 1 aromatic rings. The third-order valence-corrected chi connectivity index (χ3v) is 4.62. The summed E-state index contributed by atoms with van der Waals surface area (Å²) >= 11 is 0. The minimum atomic E-state index is -0.170. The van der Waals surface area contributed by atoms with Crippen molar-refractivity contribution in [1.29, 1.82) is 0 Å². The Balaban J connectivity index is 1.68. The highest BCUT2D eigenvalue weighted by molar-refractivity contribution is 5.95. The molecular weight excluding hydrogens is 288 g/mol. The number of carbonyl (C=O) groups is 2. The molecule has 0 aromatic heterocycles. The molecule has 1 aliphatic carbocycles. The van der Waals surface area contributed by atoms with Crippen LogP contribution in [-0.4, -0.2) is 18.4 Å². The molecule has 23 heavy (non-hydrogen) atoms. The van der Waals surface area contributed by atoms with Crippen LogP contribution >= 0.6 is 0 Å². The van der Waals surface area contributed by atoms with Crippen molar-refractivity contribution in [1.82, 2.24) is 5.32 Å². The van der Waals surface area contributed by atoms with E-state index in [9.17, 15) is 9.59 Å². The second-order valence-corrected chi connectivity index (χ2v) is 6.38. The van der Waals surface area contributed by atoms with Crippen LogP contribution in [0.5, 0.6) is 0 Å². The molecule has 1 saturated carbocycles. The van der Waals surface area contributed by atoms with Crippen LogP contribution in [0, 0.1) is 5.92 Å². The van der Waals surface area contributed by atoms with Crippen molar-refractivity contribution in [3.63, 3.8) is 0 Å². The molecule has 0 atom stereocenters. The second-order valence-electron chi connectivity index (χ2n) is 6.38. The first-order valence-corrected chi connectivity index (χ1v) is 8.83. The van der Waals surface area contributed by atoms with Crippen molar-refractivity contribution in [2.75, 3.05) is 11.9 Å². The number of carbonyl (C=O) groups excluding carboxylic acids is 2. The van der Waals surface area contributed by atoms with Crippen molar-refractivity contribution in [3.8, 4) is 0 Å². The van der Waals surface area contributed by atoms with E-state index in [2.05, 4.69) is 17.6 Å². The first-order valence-electron chi connectivity index (χ1n) is 8.83. The van der Waals surface area contributed by atoms with Gasteiger partial charge in [-0.25, -0.2) is 0 Å². The fourth-order valence-electron chi connectivity index (χ4n) is 3.22. The number of para-hydroxylation sites is 1. The lowest BCUT2D eigenvalue weighted by atomic mass is 9.86. The van der Waals surface area contributed by atoms with E-state index in [1.165, 1.54) is 32.1 Å². The van der Waals surface area contributed by atoms with Gasteiger partial charge in [-0.15, -0.1) is 0 Å². The van der Waals surface area contributed by atoms with Crippen LogP contribution in [0.2, 0.25) is 0 Å². The Kier molecular flexibility index (Phi) is 7.11. The third kappa shape index (κ3) is 6.05. The Labute approximate surface area is 139 Å². The Morgan fingerprint density at radius 3 is 2.57 bits per heavy atom. The van der Waals surface area contributed by atoms with E-state index in [1.54, 1.807) is 0 Å². The smallest absolute Gasteiger partial charge is 0.243 e. The second kappa shape index (κ2) is 9.33. The van der Waals surface area contributed by atoms with Crippen LogP contribution in [0.15, 0.2) is 24.3 Å². The van der Waals surface area contributed by atoms with E-state index in [-0.39, 0.29) is 18.4 Å². The highest BCUT2D eigenvalue weighted by atomic mass is 16.2. The Morgan fingerprint density at radius 2 is 1.83 bits per heavy atom. The van der Waals surface area contributed by atoms with Crippen LogP contribution in [0.3, 0.4) is 0 Å². The van der Waals surface area contributed by atoms with Gasteiger partial charge in [0.1, 0.15) is 0 Å². The highest BCUT2D eigenvalue weighted by Gasteiger charge is 2.15. The Morgan fingerprint density at radius 1 is 1.09 bits per heavy atom. The number of hydrogen-bond acceptors (Lipinski definition) is 2. The van der Waals surface area contributed by atoms with E-state index < -0.39 is 0 Å². The molecular formula is C19H28N2O2. The van der Waals surface area contributed by atoms with Gasteiger partial charge in [-0.2, -0.15) is 0 Å². The Hall–Kier alpha value is -1.84. The van der Waals surface area contributed by atoms with Gasteiger partial charge < -0.3 is 10.6 Å². The molecule has 1 aromatic carbocycles. The fourth-order valence-corrected chi connectivity index (χ4v) is 3.22. The number of amides is 2. The van der Waals surface area contributed by atoms with Crippen molar-refractivity contribution >= 4 is 17.5 Å². The largest absolute Gasteiger partial charge is 0.347 e. The van der Waals surface area contributed by atoms with Crippen LogP contribution in [-0.2, 0) is 16.0 Å². The first-order chi connectivity index (χ1) is 11.2. The van der Waals surface area contributed by atoms with Gasteiger partial charge >= 0.3 is 0 Å². The van der Waals surface area contributed by atoms with E-state index in [1.807, 2.05) is 24.3 Å². The van der Waals surface area contributed by atoms with Crippen LogP contribution in [0.25, 0.3) is 0 Å². The molecule has 2 N–H and O–H groups in total. The zero-order valence-electron chi connectivity index (χ0n) is 14.1. The van der Waals surface area contributed by atoms with Crippen molar-refractivity contribution in [2.45, 2.75) is 58.3 Å². The first kappa shape index (κ1) is 17.5. The topological polar surface area (TPSA) is 58.2 Å². The zero-order chi connectivity index (χ0) is 16.5. The lowest BCUT2D eigenvalue weighted by Gasteiger charge is -2.20. The summed E-state index contributed by atoms with van der Waals surface area (Å²) in [5.41, 5.74) is 1.93. The van der Waals surface area contributed by atoms with Gasteiger partial charge in [0.25, 0.3) is 0 Å². The summed E-state index contributed by atoms with van der Waals surface area (Å²) in [5, 5.41) is 5.60. The molecule has 1 aliphatic rings. The molecule has 4 heteroatoms. The van der Waals surface area contributed by atoms with Crippen molar-refractivity contribution < 1.29 is 9.59 Å². The van der Waals surface area contributed by atoms with Gasteiger partial charge in [0.05, 0.1) is 6.54 Å². The monoisotopic (exact) mass is 316 g/mol. The lowest BCUT2D eigenvalue weighted by Crippen LogP contribution is -2.33. The minimum Gasteiger partial charge on any atom is -0.347 e. The molecule has 0 unspecified atom stereocenters. The summed E-state index contributed by atoms with van der Waals surface area (Å²) in [6.45, 7) is 2.10. The van der Waals surface area contributed by atoms with Crippen molar-refractivity contribution in [3.05, 3.63) is 29.8 Å². The average molecular weight is 316 g/mol. The van der Waals surface area contributed by atoms with Crippen LogP contribution in [0.4, 0.5) is 5.69 Å². The average Bonchev–Trinajstić information content (AvgIpc) is 2.59. The maximum atomic E-state index is 12.0. The summed E-state index contributed by atoms with van der Waals surface area (Å²) in [4.78, 5) is 23.8. The van der Waals surface area contributed by atoms with E-state index >= 15 is 0 Å². The summed E-state index contributed by atoms with van der Waals surface area (Å²) in [7, 11) is 0. The molecule has 2 amide bonds. The van der Waals surface area contributed by atoms with Gasteiger partial charge in [-0.05, 0) is 30.4 Å². The van der Waals surface area contributed by atoms with Gasteiger partial charge in [0.2, 0.25) is 11.8 Å². The molecule has 4 nitrogen and oxygen atoms in total. The number of benzene rings is 1. The normalized spacial score (nSPS) is 15.2. The van der Waals surface area contributed by atoms with Crippen LogP contribution < -0.4 is 10.6 Å². The van der Waals surface area contributed by atoms with Gasteiger partial charge in [-0.3, -0.25) is 9.59 Å². The fraction of sp³-hybridized carbons (Fsp3) is 0.579. The van der Waals surface area contributed by atoms with Gasteiger partial charge in [-0.1, -0.05) is 57.2 Å². The summed E-state index contributed by atoms with van der Waals surface area (Å²) in [5.74, 6) is 0.506. The lowest BCUT2D eigenvalue weighted by molar-refractivity contribution is -0.124. The number of hydrogen-bond donors (Lipinski definition) is 2. The van der Waals surface area contributed by atoms with E-state index in [4.69, 9.17) is 0 Å². The molecule has 0 radical (unpaired) electrons. The highest BCUT2D eigenvalue weighted by Crippen LogP contribution is 2.27. The predicted molar refractivity (Wildman–Crippen MR) is 93.3 cm³/mol. The standard InChI is InChI=1S/C19H28N2O2/c1-2-16-10-6-7-11-17(16)21-19(23)14-20-18(22)13-12-15-8-4-3-5-9-15/h6-7,10-11,15H,2-5,8-9,12-14H2,1H3,(H,20,22)(H,21,23). The van der Waals surface area contributed by atoms with Gasteiger partial charge in [0, 0.05) is 12.1 Å². The zero-order valence-corrected chi connectivity index (χ0v) is 14.1. The number of rotatable bonds is 7. The molecule has 0 heterocycles. The molecule has 126 valence electrons. The molecule has 0 spiro atoms. The summed E-state index contributed by atoms with van der Waals surface area (Å²) < 4.78 is 0.